The molecule has 0 aromatic carbocycles. The van der Waals surface area contributed by atoms with Gasteiger partial charge in [0.25, 0.3) is 0 Å². The molecule has 0 atom stereocenters. The second-order valence-electron chi connectivity index (χ2n) is 7.11. The van der Waals surface area contributed by atoms with Crippen molar-refractivity contribution in [3.05, 3.63) is 0 Å². The Bertz CT molecular complexity index is 352. The van der Waals surface area contributed by atoms with Crippen molar-refractivity contribution >= 4 is 6.09 Å². The number of hydrogen-bond donors (Lipinski definition) is 3. The van der Waals surface area contributed by atoms with Crippen molar-refractivity contribution in [3.8, 4) is 0 Å². The Morgan fingerprint density at radius 2 is 2.00 bits per heavy atom. The minimum atomic E-state index is -0.496. The van der Waals surface area contributed by atoms with Crippen molar-refractivity contribution in [1.29, 1.82) is 0 Å². The lowest BCUT2D eigenvalue weighted by atomic mass is 9.49. The van der Waals surface area contributed by atoms with Crippen LogP contribution in [0.4, 0.5) is 4.79 Å². The Kier molecular flexibility index (Phi) is 3.56. The molecule has 0 unspecified atom stereocenters. The van der Waals surface area contributed by atoms with Crippen LogP contribution in [0.5, 0.6) is 0 Å². The highest BCUT2D eigenvalue weighted by atomic mass is 16.6. The zero-order chi connectivity index (χ0) is 14.3. The lowest BCUT2D eigenvalue weighted by Gasteiger charge is -2.61. The van der Waals surface area contributed by atoms with E-state index >= 15 is 0 Å². The summed E-state index contributed by atoms with van der Waals surface area (Å²) >= 11 is 0. The molecule has 0 aliphatic heterocycles. The van der Waals surface area contributed by atoms with Crippen LogP contribution in [0.3, 0.4) is 0 Å². The maximum Gasteiger partial charge on any atom is 0.408 e. The van der Waals surface area contributed by atoms with E-state index < -0.39 is 5.60 Å². The number of carbonyl (C=O) groups excluding carboxylic acids is 1. The smallest absolute Gasteiger partial charge is 0.408 e. The predicted octanol–water partition coefficient (Wildman–Crippen LogP) is 1.53. The number of rotatable bonds is 3. The number of nitrogens with two attached hydrogens (primary N) is 1. The SMILES string of the molecule is CC(C)(C)OC(=O)NC1(C2(CN)CC(O)C2)CCC1. The molecule has 0 saturated heterocycles. The molecule has 5 heteroatoms. The van der Waals surface area contributed by atoms with Crippen LogP contribution in [0, 0.1) is 5.41 Å². The molecule has 0 aromatic heterocycles. The molecule has 2 saturated carbocycles. The zero-order valence-corrected chi connectivity index (χ0v) is 12.2. The average molecular weight is 270 g/mol. The van der Waals surface area contributed by atoms with Crippen LogP contribution in [0.1, 0.15) is 52.9 Å². The molecule has 2 aliphatic carbocycles. The maximum atomic E-state index is 12.0. The highest BCUT2D eigenvalue weighted by Gasteiger charge is 2.60. The minimum Gasteiger partial charge on any atom is -0.444 e. The Morgan fingerprint density at radius 3 is 2.32 bits per heavy atom. The molecule has 0 heterocycles. The van der Waals surface area contributed by atoms with Gasteiger partial charge >= 0.3 is 6.09 Å². The monoisotopic (exact) mass is 270 g/mol. The lowest BCUT2D eigenvalue weighted by Crippen LogP contribution is -2.71. The Balaban J connectivity index is 2.05. The van der Waals surface area contributed by atoms with Gasteiger partial charge in [0, 0.05) is 12.0 Å². The minimum absolute atomic E-state index is 0.151. The van der Waals surface area contributed by atoms with Crippen molar-refractivity contribution in [2.75, 3.05) is 6.54 Å². The molecular formula is C14H26N2O3. The molecule has 2 fully saturated rings. The first-order chi connectivity index (χ1) is 8.72. The molecule has 0 aromatic rings. The highest BCUT2D eigenvalue weighted by Crippen LogP contribution is 2.56. The summed E-state index contributed by atoms with van der Waals surface area (Å²) in [7, 11) is 0. The van der Waals surface area contributed by atoms with E-state index in [0.717, 1.165) is 19.3 Å². The van der Waals surface area contributed by atoms with E-state index in [0.29, 0.717) is 19.4 Å². The number of amides is 1. The van der Waals surface area contributed by atoms with Crippen molar-refractivity contribution in [3.63, 3.8) is 0 Å². The Morgan fingerprint density at radius 1 is 1.42 bits per heavy atom. The Labute approximate surface area is 114 Å². The van der Waals surface area contributed by atoms with Gasteiger partial charge in [0.2, 0.25) is 0 Å². The van der Waals surface area contributed by atoms with Gasteiger partial charge in [-0.25, -0.2) is 4.79 Å². The summed E-state index contributed by atoms with van der Waals surface area (Å²) in [5.74, 6) is 0. The van der Waals surface area contributed by atoms with Crippen LogP contribution in [-0.4, -0.2) is 35.0 Å². The van der Waals surface area contributed by atoms with E-state index in [1.165, 1.54) is 0 Å². The number of alkyl carbamates (subject to hydrolysis) is 1. The third kappa shape index (κ3) is 2.58. The standard InChI is InChI=1S/C14H26N2O3/c1-12(2,3)19-11(18)16-14(5-4-6-14)13(9-15)7-10(17)8-13/h10,17H,4-9,15H2,1-3H3,(H,16,18). The molecule has 0 radical (unpaired) electrons. The Hall–Kier alpha value is -0.810. The fraction of sp³-hybridized carbons (Fsp3) is 0.929. The molecule has 0 bridgehead atoms. The first kappa shape index (κ1) is 14.6. The number of aliphatic hydroxyl groups is 1. The molecule has 1 amide bonds. The van der Waals surface area contributed by atoms with E-state index in [1.54, 1.807) is 0 Å². The van der Waals surface area contributed by atoms with Gasteiger partial charge in [-0.2, -0.15) is 0 Å². The number of hydrogen-bond acceptors (Lipinski definition) is 4. The van der Waals surface area contributed by atoms with E-state index in [1.807, 2.05) is 20.8 Å². The third-order valence-corrected chi connectivity index (χ3v) is 4.61. The van der Waals surface area contributed by atoms with Gasteiger partial charge in [-0.1, -0.05) is 0 Å². The number of ether oxygens (including phenoxy) is 1. The molecule has 0 spiro atoms. The second-order valence-corrected chi connectivity index (χ2v) is 7.11. The quantitative estimate of drug-likeness (QED) is 0.726. The number of aliphatic hydroxyl groups excluding tert-OH is 1. The van der Waals surface area contributed by atoms with E-state index in [4.69, 9.17) is 10.5 Å². The topological polar surface area (TPSA) is 84.6 Å². The van der Waals surface area contributed by atoms with Crippen LogP contribution in [0.2, 0.25) is 0 Å². The van der Waals surface area contributed by atoms with Gasteiger partial charge in [0.15, 0.2) is 0 Å². The summed E-state index contributed by atoms with van der Waals surface area (Å²) < 4.78 is 5.35. The second kappa shape index (κ2) is 4.63. The summed E-state index contributed by atoms with van der Waals surface area (Å²) in [6.07, 6.45) is 3.65. The van der Waals surface area contributed by atoms with Crippen LogP contribution in [0.25, 0.3) is 0 Å². The highest BCUT2D eigenvalue weighted by molar-refractivity contribution is 5.69. The van der Waals surface area contributed by atoms with Gasteiger partial charge in [0.1, 0.15) is 5.60 Å². The van der Waals surface area contributed by atoms with Gasteiger partial charge < -0.3 is 20.9 Å². The molecular weight excluding hydrogens is 244 g/mol. The van der Waals surface area contributed by atoms with Crippen molar-refractivity contribution in [2.45, 2.75) is 70.1 Å². The largest absolute Gasteiger partial charge is 0.444 e. The summed E-state index contributed by atoms with van der Waals surface area (Å²) in [6, 6.07) is 0. The molecule has 2 rings (SSSR count). The summed E-state index contributed by atoms with van der Waals surface area (Å²) in [5, 5.41) is 12.7. The molecule has 2 aliphatic rings. The van der Waals surface area contributed by atoms with Gasteiger partial charge in [-0.3, -0.25) is 0 Å². The van der Waals surface area contributed by atoms with Gasteiger partial charge in [-0.05, 0) is 52.9 Å². The summed E-state index contributed by atoms with van der Waals surface area (Å²) in [4.78, 5) is 12.0. The molecule has 5 nitrogen and oxygen atoms in total. The first-order valence-electron chi connectivity index (χ1n) is 7.11. The number of nitrogens with one attached hydrogen (secondary N) is 1. The van der Waals surface area contributed by atoms with Crippen molar-refractivity contribution < 1.29 is 14.6 Å². The van der Waals surface area contributed by atoms with Crippen molar-refractivity contribution in [1.82, 2.24) is 5.32 Å². The van der Waals surface area contributed by atoms with Crippen LogP contribution < -0.4 is 11.1 Å². The maximum absolute atomic E-state index is 12.0. The molecule has 110 valence electrons. The van der Waals surface area contributed by atoms with Crippen LogP contribution in [-0.2, 0) is 4.74 Å². The zero-order valence-electron chi connectivity index (χ0n) is 12.2. The van der Waals surface area contributed by atoms with E-state index in [9.17, 15) is 9.90 Å². The van der Waals surface area contributed by atoms with Gasteiger partial charge in [-0.15, -0.1) is 0 Å². The normalized spacial score (nSPS) is 33.0. The third-order valence-electron chi connectivity index (χ3n) is 4.61. The van der Waals surface area contributed by atoms with E-state index in [-0.39, 0.29) is 23.2 Å². The fourth-order valence-electron chi connectivity index (χ4n) is 3.41. The summed E-state index contributed by atoms with van der Waals surface area (Å²) in [5.41, 5.74) is 5.00. The summed E-state index contributed by atoms with van der Waals surface area (Å²) in [6.45, 7) is 6.06. The van der Waals surface area contributed by atoms with Crippen LogP contribution in [0.15, 0.2) is 0 Å². The van der Waals surface area contributed by atoms with Gasteiger partial charge in [0.05, 0.1) is 11.6 Å². The first-order valence-corrected chi connectivity index (χ1v) is 7.11. The molecule has 19 heavy (non-hydrogen) atoms. The molecule has 4 N–H and O–H groups in total. The lowest BCUT2D eigenvalue weighted by molar-refractivity contribution is -0.115. The van der Waals surface area contributed by atoms with E-state index in [2.05, 4.69) is 5.32 Å². The number of carbonyl (C=O) groups is 1. The fourth-order valence-corrected chi connectivity index (χ4v) is 3.41. The van der Waals surface area contributed by atoms with Crippen molar-refractivity contribution in [2.24, 2.45) is 11.1 Å². The predicted molar refractivity (Wildman–Crippen MR) is 72.7 cm³/mol. The van der Waals surface area contributed by atoms with Crippen LogP contribution >= 0.6 is 0 Å². The average Bonchev–Trinajstić information content (AvgIpc) is 2.16.